The van der Waals surface area contributed by atoms with E-state index in [1.165, 1.54) is 5.56 Å². The Balaban J connectivity index is 0.00000243. The Morgan fingerprint density at radius 2 is 1.73 bits per heavy atom. The van der Waals surface area contributed by atoms with Gasteiger partial charge in [0.1, 0.15) is 5.82 Å². The van der Waals surface area contributed by atoms with Crippen LogP contribution in [0.15, 0.2) is 71.9 Å². The van der Waals surface area contributed by atoms with E-state index in [2.05, 4.69) is 56.8 Å². The third kappa shape index (κ3) is 5.32. The number of nitrogens with zero attached hydrogens (tertiary/aromatic N) is 2. The lowest BCUT2D eigenvalue weighted by molar-refractivity contribution is 0.680. The predicted octanol–water partition coefficient (Wildman–Crippen LogP) is 4.12. The number of hydrogen-bond acceptors (Lipinski definition) is 2. The van der Waals surface area contributed by atoms with Crippen LogP contribution in [0.5, 0.6) is 0 Å². The summed E-state index contributed by atoms with van der Waals surface area (Å²) in [6.45, 7) is 2.69. The van der Waals surface area contributed by atoms with Gasteiger partial charge in [0, 0.05) is 7.05 Å². The van der Waals surface area contributed by atoms with E-state index >= 15 is 0 Å². The van der Waals surface area contributed by atoms with Gasteiger partial charge in [0.05, 0.1) is 24.5 Å². The molecule has 0 amide bonds. The third-order valence-corrected chi connectivity index (χ3v) is 4.01. The summed E-state index contributed by atoms with van der Waals surface area (Å²) in [6.07, 6.45) is 1.86. The van der Waals surface area contributed by atoms with Crippen molar-refractivity contribution in [2.45, 2.75) is 19.5 Å². The van der Waals surface area contributed by atoms with Gasteiger partial charge in [0.25, 0.3) is 0 Å². The lowest BCUT2D eigenvalue weighted by Crippen LogP contribution is -2.38. The molecule has 1 unspecified atom stereocenters. The van der Waals surface area contributed by atoms with Gasteiger partial charge in [-0.1, -0.05) is 60.7 Å². The second kappa shape index (κ2) is 9.96. The molecule has 0 radical (unpaired) electrons. The van der Waals surface area contributed by atoms with E-state index < -0.39 is 0 Å². The van der Waals surface area contributed by atoms with Crippen molar-refractivity contribution in [3.63, 3.8) is 0 Å². The molecule has 6 heteroatoms. The molecule has 0 spiro atoms. The van der Waals surface area contributed by atoms with Crippen molar-refractivity contribution < 1.29 is 0 Å². The second-order valence-corrected chi connectivity index (χ2v) is 5.81. The zero-order valence-electron chi connectivity index (χ0n) is 14.9. The molecule has 2 aromatic carbocycles. The minimum Gasteiger partial charge on any atom is -0.350 e. The molecule has 3 aromatic rings. The van der Waals surface area contributed by atoms with E-state index in [-0.39, 0.29) is 30.0 Å². The molecule has 3 rings (SSSR count). The largest absolute Gasteiger partial charge is 0.350 e. The Labute approximate surface area is 171 Å². The molecule has 1 aromatic heterocycles. The molecule has 1 heterocycles. The standard InChI is InChI=1S/C20H23N5.HI/c1-15(16-9-5-3-6-10-16)24-20(21-2)23-14-19-22-13-18(25-19)17-11-7-4-8-12-17;/h3-13,15H,14H2,1-2H3,(H,22,25)(H2,21,23,24);1H. The van der Waals surface area contributed by atoms with E-state index in [0.717, 1.165) is 23.0 Å². The van der Waals surface area contributed by atoms with Crippen molar-refractivity contribution in [2.75, 3.05) is 7.05 Å². The quantitative estimate of drug-likeness (QED) is 0.304. The van der Waals surface area contributed by atoms with Gasteiger partial charge >= 0.3 is 0 Å². The zero-order chi connectivity index (χ0) is 17.5. The van der Waals surface area contributed by atoms with Gasteiger partial charge in [-0.2, -0.15) is 0 Å². The van der Waals surface area contributed by atoms with E-state index in [4.69, 9.17) is 0 Å². The Hall–Kier alpha value is -2.35. The molecular formula is C20H24IN5. The molecule has 0 saturated heterocycles. The van der Waals surface area contributed by atoms with E-state index in [1.54, 1.807) is 7.05 Å². The maximum atomic E-state index is 4.44. The van der Waals surface area contributed by atoms with Crippen LogP contribution in [0.2, 0.25) is 0 Å². The first kappa shape index (κ1) is 20.0. The molecule has 3 N–H and O–H groups in total. The number of aliphatic imine (C=N–C) groups is 1. The highest BCUT2D eigenvalue weighted by Gasteiger charge is 2.08. The SMILES string of the molecule is CN=C(NCc1ncc(-c2ccccc2)[nH]1)NC(C)c1ccccc1.I. The number of aromatic amines is 1. The highest BCUT2D eigenvalue weighted by atomic mass is 127. The molecule has 0 aliphatic heterocycles. The molecule has 0 aliphatic carbocycles. The number of guanidine groups is 1. The monoisotopic (exact) mass is 461 g/mol. The maximum absolute atomic E-state index is 4.44. The fourth-order valence-corrected chi connectivity index (χ4v) is 2.61. The summed E-state index contributed by atoms with van der Waals surface area (Å²) in [5, 5.41) is 6.69. The van der Waals surface area contributed by atoms with Crippen molar-refractivity contribution in [1.29, 1.82) is 0 Å². The Bertz CT molecular complexity index is 814. The molecular weight excluding hydrogens is 437 g/mol. The van der Waals surface area contributed by atoms with Crippen LogP contribution in [0.25, 0.3) is 11.3 Å². The molecule has 0 bridgehead atoms. The van der Waals surface area contributed by atoms with Crippen LogP contribution in [0.3, 0.4) is 0 Å². The summed E-state index contributed by atoms with van der Waals surface area (Å²) in [4.78, 5) is 12.1. The van der Waals surface area contributed by atoms with Crippen LogP contribution in [-0.4, -0.2) is 23.0 Å². The number of aromatic nitrogens is 2. The van der Waals surface area contributed by atoms with E-state index in [1.807, 2.05) is 42.6 Å². The van der Waals surface area contributed by atoms with Crippen LogP contribution in [-0.2, 0) is 6.54 Å². The fourth-order valence-electron chi connectivity index (χ4n) is 2.61. The Morgan fingerprint density at radius 1 is 1.08 bits per heavy atom. The summed E-state index contributed by atoms with van der Waals surface area (Å²) >= 11 is 0. The van der Waals surface area contributed by atoms with E-state index in [9.17, 15) is 0 Å². The van der Waals surface area contributed by atoms with Gasteiger partial charge in [-0.3, -0.25) is 4.99 Å². The van der Waals surface area contributed by atoms with Crippen LogP contribution in [0.4, 0.5) is 0 Å². The number of imidazole rings is 1. The lowest BCUT2D eigenvalue weighted by atomic mass is 10.1. The van der Waals surface area contributed by atoms with Gasteiger partial charge in [0.2, 0.25) is 0 Å². The molecule has 0 aliphatic rings. The smallest absolute Gasteiger partial charge is 0.191 e. The van der Waals surface area contributed by atoms with Gasteiger partial charge < -0.3 is 15.6 Å². The fraction of sp³-hybridized carbons (Fsp3) is 0.200. The highest BCUT2D eigenvalue weighted by Crippen LogP contribution is 2.16. The van der Waals surface area contributed by atoms with Crippen molar-refractivity contribution in [2.24, 2.45) is 4.99 Å². The number of nitrogens with one attached hydrogen (secondary N) is 3. The van der Waals surface area contributed by atoms with Crippen molar-refractivity contribution in [3.05, 3.63) is 78.2 Å². The first-order chi connectivity index (χ1) is 12.3. The Morgan fingerprint density at radius 3 is 2.38 bits per heavy atom. The molecule has 0 fully saturated rings. The van der Waals surface area contributed by atoms with Gasteiger partial charge in [-0.15, -0.1) is 24.0 Å². The molecule has 5 nitrogen and oxygen atoms in total. The molecule has 26 heavy (non-hydrogen) atoms. The van der Waals surface area contributed by atoms with Gasteiger partial charge in [-0.25, -0.2) is 4.98 Å². The summed E-state index contributed by atoms with van der Waals surface area (Å²) < 4.78 is 0. The number of halogens is 1. The summed E-state index contributed by atoms with van der Waals surface area (Å²) in [5.74, 6) is 1.61. The van der Waals surface area contributed by atoms with Crippen molar-refractivity contribution in [1.82, 2.24) is 20.6 Å². The summed E-state index contributed by atoms with van der Waals surface area (Å²) in [7, 11) is 1.77. The molecule has 0 saturated carbocycles. The average molecular weight is 461 g/mol. The van der Waals surface area contributed by atoms with E-state index in [0.29, 0.717) is 6.54 Å². The van der Waals surface area contributed by atoms with Crippen LogP contribution >= 0.6 is 24.0 Å². The highest BCUT2D eigenvalue weighted by molar-refractivity contribution is 14.0. The lowest BCUT2D eigenvalue weighted by Gasteiger charge is -2.17. The maximum Gasteiger partial charge on any atom is 0.191 e. The van der Waals surface area contributed by atoms with Gasteiger partial charge in [-0.05, 0) is 18.1 Å². The number of rotatable bonds is 5. The van der Waals surface area contributed by atoms with Crippen LogP contribution in [0, 0.1) is 0 Å². The molecule has 1 atom stereocenters. The Kier molecular flexibility index (Phi) is 7.65. The first-order valence-electron chi connectivity index (χ1n) is 8.37. The summed E-state index contributed by atoms with van der Waals surface area (Å²) in [5.41, 5.74) is 3.36. The number of H-pyrrole nitrogens is 1. The number of benzene rings is 2. The zero-order valence-corrected chi connectivity index (χ0v) is 17.3. The topological polar surface area (TPSA) is 65.1 Å². The van der Waals surface area contributed by atoms with Crippen molar-refractivity contribution in [3.8, 4) is 11.3 Å². The number of hydrogen-bond donors (Lipinski definition) is 3. The third-order valence-electron chi connectivity index (χ3n) is 4.01. The molecule has 136 valence electrons. The van der Waals surface area contributed by atoms with Gasteiger partial charge in [0.15, 0.2) is 5.96 Å². The predicted molar refractivity (Wildman–Crippen MR) is 118 cm³/mol. The van der Waals surface area contributed by atoms with Crippen LogP contribution < -0.4 is 10.6 Å². The minimum absolute atomic E-state index is 0. The van der Waals surface area contributed by atoms with Crippen LogP contribution in [0.1, 0.15) is 24.4 Å². The van der Waals surface area contributed by atoms with Crippen molar-refractivity contribution >= 4 is 29.9 Å². The average Bonchev–Trinajstić information content (AvgIpc) is 3.15. The normalized spacial score (nSPS) is 12.2. The minimum atomic E-state index is 0. The summed E-state index contributed by atoms with van der Waals surface area (Å²) in [6, 6.07) is 20.6. The first-order valence-corrected chi connectivity index (χ1v) is 8.37. The second-order valence-electron chi connectivity index (χ2n) is 5.81.